The second-order valence-corrected chi connectivity index (χ2v) is 13.7. The van der Waals surface area contributed by atoms with Crippen molar-refractivity contribution < 1.29 is 42.9 Å². The predicted molar refractivity (Wildman–Crippen MR) is 90.6 cm³/mol. The Bertz CT molecular complexity index is 565. The van der Waals surface area contributed by atoms with Crippen LogP contribution in [0.4, 0.5) is 0 Å². The summed E-state index contributed by atoms with van der Waals surface area (Å²) in [6.07, 6.45) is 4.65. The van der Waals surface area contributed by atoms with E-state index in [1.165, 1.54) is 24.9 Å². The van der Waals surface area contributed by atoms with Crippen molar-refractivity contribution in [2.45, 2.75) is 26.2 Å². The Morgan fingerprint density at radius 2 is 1.65 bits per heavy atom. The van der Waals surface area contributed by atoms with E-state index in [1.807, 2.05) is 12.1 Å². The standard InChI is InChI=1S/C17H28NO2Si.ClHO4/c1-18(15-21(3,4)5,13-9-12-17(19)20-2)14-16-10-7-6-8-11-16;2-1(3,4)5/h6-12H,13-15H2,1-5H3;(H,2,3,4,5)/q+1;/p-1/b12-9+;. The van der Waals surface area contributed by atoms with E-state index in [0.29, 0.717) is 0 Å². The van der Waals surface area contributed by atoms with Gasteiger partial charge in [-0.1, -0.05) is 50.0 Å². The molecule has 148 valence electrons. The van der Waals surface area contributed by atoms with Crippen molar-refractivity contribution >= 4 is 14.0 Å². The van der Waals surface area contributed by atoms with Crippen LogP contribution < -0.4 is 18.6 Å². The van der Waals surface area contributed by atoms with Gasteiger partial charge in [0.1, 0.15) is 14.6 Å². The molecule has 7 nitrogen and oxygen atoms in total. The zero-order valence-electron chi connectivity index (χ0n) is 15.9. The summed E-state index contributed by atoms with van der Waals surface area (Å²) in [6, 6.07) is 10.6. The van der Waals surface area contributed by atoms with E-state index < -0.39 is 18.3 Å². The van der Waals surface area contributed by atoms with Crippen LogP contribution in [-0.2, 0) is 16.1 Å². The molecular formula is C17H28ClNO6Si. The monoisotopic (exact) mass is 405 g/mol. The fraction of sp³-hybridized carbons (Fsp3) is 0.471. The Labute approximate surface area is 158 Å². The highest BCUT2D eigenvalue weighted by molar-refractivity contribution is 6.76. The summed E-state index contributed by atoms with van der Waals surface area (Å²) < 4.78 is 39.6. The second kappa shape index (κ2) is 10.8. The Kier molecular flexibility index (Phi) is 10.3. The van der Waals surface area contributed by atoms with E-state index in [0.717, 1.165) is 17.6 Å². The molecule has 0 aromatic heterocycles. The maximum atomic E-state index is 11.2. The van der Waals surface area contributed by atoms with Gasteiger partial charge in [-0.2, -0.15) is 0 Å². The van der Waals surface area contributed by atoms with Crippen molar-refractivity contribution in [3.8, 4) is 0 Å². The van der Waals surface area contributed by atoms with Crippen LogP contribution in [0.5, 0.6) is 0 Å². The Morgan fingerprint density at radius 3 is 2.08 bits per heavy atom. The molecule has 1 rings (SSSR count). The van der Waals surface area contributed by atoms with Crippen LogP contribution in [0.15, 0.2) is 42.5 Å². The first-order valence-corrected chi connectivity index (χ1v) is 12.9. The lowest BCUT2D eigenvalue weighted by atomic mass is 10.2. The van der Waals surface area contributed by atoms with Crippen molar-refractivity contribution in [2.24, 2.45) is 0 Å². The lowest BCUT2D eigenvalue weighted by molar-refractivity contribution is -2.00. The molecule has 0 aliphatic carbocycles. The molecule has 0 saturated carbocycles. The van der Waals surface area contributed by atoms with Crippen LogP contribution in [0, 0.1) is 10.2 Å². The average Bonchev–Trinajstić information content (AvgIpc) is 2.44. The van der Waals surface area contributed by atoms with E-state index in [1.54, 1.807) is 0 Å². The van der Waals surface area contributed by atoms with E-state index in [2.05, 4.69) is 55.7 Å². The third-order valence-corrected chi connectivity index (χ3v) is 4.98. The van der Waals surface area contributed by atoms with Crippen LogP contribution in [0.3, 0.4) is 0 Å². The molecule has 0 aliphatic rings. The van der Waals surface area contributed by atoms with Crippen LogP contribution in [0.1, 0.15) is 5.56 Å². The largest absolute Gasteiger partial charge is 0.466 e. The first-order chi connectivity index (χ1) is 11.7. The summed E-state index contributed by atoms with van der Waals surface area (Å²) in [5.41, 5.74) is 1.34. The molecule has 0 N–H and O–H groups in total. The summed E-state index contributed by atoms with van der Waals surface area (Å²) >= 11 is 0. The number of quaternary nitrogens is 1. The molecule has 0 spiro atoms. The SMILES string of the molecule is COC(=O)/C=C/C[N+](C)(Cc1ccccc1)C[Si](C)(C)C.[O-][Cl+3]([O-])([O-])[O-]. The number of halogens is 1. The molecule has 1 atom stereocenters. The average molecular weight is 406 g/mol. The highest BCUT2D eigenvalue weighted by Crippen LogP contribution is 2.17. The highest BCUT2D eigenvalue weighted by Gasteiger charge is 2.29. The van der Waals surface area contributed by atoms with Crippen LogP contribution in [0.2, 0.25) is 19.6 Å². The zero-order valence-corrected chi connectivity index (χ0v) is 17.7. The first kappa shape index (κ1) is 24.7. The molecule has 0 radical (unpaired) electrons. The summed E-state index contributed by atoms with van der Waals surface area (Å²) in [5.74, 6) is -0.283. The lowest BCUT2D eigenvalue weighted by Crippen LogP contribution is -2.68. The minimum atomic E-state index is -4.94. The predicted octanol–water partition coefficient (Wildman–Crippen LogP) is -1.52. The number of esters is 1. The van der Waals surface area contributed by atoms with Gasteiger partial charge in [0.2, 0.25) is 0 Å². The number of rotatable bonds is 7. The molecule has 1 unspecified atom stereocenters. The van der Waals surface area contributed by atoms with Crippen molar-refractivity contribution in [1.29, 1.82) is 0 Å². The van der Waals surface area contributed by atoms with Gasteiger partial charge in [-0.3, -0.25) is 0 Å². The number of benzene rings is 1. The Hall–Kier alpha value is -1.26. The number of hydrogen-bond donors (Lipinski definition) is 0. The normalized spacial score (nSPS) is 14.3. The maximum Gasteiger partial charge on any atom is 0.330 e. The third-order valence-electron chi connectivity index (χ3n) is 3.26. The number of nitrogens with zero attached hydrogens (tertiary/aromatic N) is 1. The number of carbonyl (C=O) groups excluding carboxylic acids is 1. The summed E-state index contributed by atoms with van der Waals surface area (Å²) in [6.45, 7) is 8.99. The van der Waals surface area contributed by atoms with Crippen LogP contribution in [0.25, 0.3) is 0 Å². The number of hydrogen-bond acceptors (Lipinski definition) is 6. The zero-order chi connectivity index (χ0) is 20.4. The lowest BCUT2D eigenvalue weighted by Gasteiger charge is -2.38. The van der Waals surface area contributed by atoms with Gasteiger partial charge in [-0.25, -0.2) is 23.4 Å². The molecule has 1 aromatic carbocycles. The molecule has 0 fully saturated rings. The van der Waals surface area contributed by atoms with Gasteiger partial charge >= 0.3 is 5.97 Å². The van der Waals surface area contributed by atoms with Crippen LogP contribution >= 0.6 is 0 Å². The summed E-state index contributed by atoms with van der Waals surface area (Å²) in [4.78, 5) is 11.2. The van der Waals surface area contributed by atoms with Gasteiger partial charge in [0.05, 0.1) is 26.9 Å². The minimum Gasteiger partial charge on any atom is -0.466 e. The van der Waals surface area contributed by atoms with Gasteiger partial charge in [0.15, 0.2) is 0 Å². The van der Waals surface area contributed by atoms with Gasteiger partial charge < -0.3 is 9.22 Å². The smallest absolute Gasteiger partial charge is 0.330 e. The number of carbonyl (C=O) groups is 1. The van der Waals surface area contributed by atoms with Crippen LogP contribution in [-0.4, -0.2) is 45.4 Å². The van der Waals surface area contributed by atoms with E-state index in [4.69, 9.17) is 18.6 Å². The Balaban J connectivity index is 0.00000110. The molecule has 1 aromatic rings. The van der Waals surface area contributed by atoms with Crippen molar-refractivity contribution in [3.05, 3.63) is 48.0 Å². The van der Waals surface area contributed by atoms with E-state index in [-0.39, 0.29) is 5.97 Å². The number of likely N-dealkylation sites (N-methyl/N-ethyl adjacent to an activating group) is 1. The van der Waals surface area contributed by atoms with Crippen molar-refractivity contribution in [2.75, 3.05) is 26.9 Å². The second-order valence-electron chi connectivity index (χ2n) is 7.47. The van der Waals surface area contributed by atoms with Gasteiger partial charge in [-0.15, -0.1) is 10.2 Å². The minimum absolute atomic E-state index is 0.283. The van der Waals surface area contributed by atoms with E-state index in [9.17, 15) is 4.79 Å². The molecule has 0 saturated heterocycles. The molecule has 9 heteroatoms. The summed E-state index contributed by atoms with van der Waals surface area (Å²) in [5, 5.41) is 0. The molecule has 26 heavy (non-hydrogen) atoms. The molecule has 0 bridgehead atoms. The number of methoxy groups -OCH3 is 1. The Morgan fingerprint density at radius 1 is 1.15 bits per heavy atom. The molecular weight excluding hydrogens is 378 g/mol. The fourth-order valence-electron chi connectivity index (χ4n) is 2.83. The van der Waals surface area contributed by atoms with Gasteiger partial charge in [-0.05, 0) is 6.08 Å². The maximum absolute atomic E-state index is 11.2. The molecule has 0 heterocycles. The highest BCUT2D eigenvalue weighted by atomic mass is 35.7. The summed E-state index contributed by atoms with van der Waals surface area (Å²) in [7, 11) is -2.47. The fourth-order valence-corrected chi connectivity index (χ4v) is 5.36. The third kappa shape index (κ3) is 15.0. The van der Waals surface area contributed by atoms with Crippen molar-refractivity contribution in [1.82, 2.24) is 0 Å². The molecule has 0 amide bonds. The molecule has 0 aliphatic heterocycles. The van der Waals surface area contributed by atoms with Gasteiger partial charge in [0, 0.05) is 11.6 Å². The number of ether oxygens (including phenoxy) is 1. The quantitative estimate of drug-likeness (QED) is 0.235. The first-order valence-electron chi connectivity index (χ1n) is 7.98. The van der Waals surface area contributed by atoms with Crippen molar-refractivity contribution in [3.63, 3.8) is 0 Å². The van der Waals surface area contributed by atoms with Gasteiger partial charge in [0.25, 0.3) is 0 Å². The van der Waals surface area contributed by atoms with E-state index >= 15 is 0 Å². The topological polar surface area (TPSA) is 119 Å².